The third-order valence-corrected chi connectivity index (χ3v) is 6.88. The molecule has 4 rings (SSSR count). The minimum atomic E-state index is -1.14. The number of nitrogens with zero attached hydrogens (tertiary/aromatic N) is 1. The monoisotopic (exact) mass is 467 g/mol. The molecular weight excluding hydrogens is 442 g/mol. The van der Waals surface area contributed by atoms with Crippen molar-refractivity contribution in [3.05, 3.63) is 46.8 Å². The third kappa shape index (κ3) is 4.23. The fourth-order valence-electron chi connectivity index (χ4n) is 5.48. The number of hydrogen-bond donors (Lipinski definition) is 2. The Hall–Kier alpha value is -3.46. The Morgan fingerprint density at radius 3 is 2.59 bits per heavy atom. The fraction of sp³-hybridized carbons (Fsp3) is 0.440. The van der Waals surface area contributed by atoms with Gasteiger partial charge in [0.15, 0.2) is 17.3 Å². The summed E-state index contributed by atoms with van der Waals surface area (Å²) in [6.45, 7) is 1.03. The highest BCUT2D eigenvalue weighted by atomic mass is 16.5. The molecule has 0 saturated heterocycles. The van der Waals surface area contributed by atoms with Crippen molar-refractivity contribution in [3.8, 4) is 5.75 Å². The second-order valence-electron chi connectivity index (χ2n) is 9.11. The molecule has 1 aromatic carbocycles. The van der Waals surface area contributed by atoms with Crippen molar-refractivity contribution in [3.63, 3.8) is 0 Å². The van der Waals surface area contributed by atoms with Crippen LogP contribution in [0.15, 0.2) is 28.9 Å². The van der Waals surface area contributed by atoms with Gasteiger partial charge in [-0.05, 0) is 55.2 Å². The van der Waals surface area contributed by atoms with Gasteiger partial charge in [-0.2, -0.15) is 0 Å². The first-order valence-corrected chi connectivity index (χ1v) is 11.2. The van der Waals surface area contributed by atoms with Gasteiger partial charge in [0.05, 0.1) is 30.0 Å². The van der Waals surface area contributed by atoms with E-state index in [4.69, 9.17) is 4.52 Å². The lowest BCUT2D eigenvalue weighted by atomic mass is 9.59. The Balaban J connectivity index is 1.70. The van der Waals surface area contributed by atoms with Gasteiger partial charge in [0.2, 0.25) is 11.5 Å². The number of fused-ring (bicyclic) bond motifs is 2. The van der Waals surface area contributed by atoms with Crippen LogP contribution in [0.5, 0.6) is 5.75 Å². The number of carbonyl (C=O) groups excluding carboxylic acids is 5. The number of aromatic nitrogens is 1. The molecule has 1 heterocycles. The number of benzene rings is 1. The molecule has 1 fully saturated rings. The van der Waals surface area contributed by atoms with Gasteiger partial charge >= 0.3 is 0 Å². The van der Waals surface area contributed by atoms with Crippen LogP contribution in [0.4, 0.5) is 0 Å². The summed E-state index contributed by atoms with van der Waals surface area (Å²) in [5.41, 5.74) is 1.04. The van der Waals surface area contributed by atoms with Crippen LogP contribution in [0.2, 0.25) is 0 Å². The molecule has 1 aromatic heterocycles. The number of carbonyl (C=O) groups is 5. The van der Waals surface area contributed by atoms with E-state index >= 15 is 0 Å². The van der Waals surface area contributed by atoms with E-state index in [1.165, 1.54) is 25.3 Å². The molecular formula is C25H25NO8. The molecule has 0 spiro atoms. The van der Waals surface area contributed by atoms with E-state index in [2.05, 4.69) is 5.16 Å². The van der Waals surface area contributed by atoms with Gasteiger partial charge in [0.25, 0.3) is 0 Å². The zero-order chi connectivity index (χ0) is 24.6. The maximum Gasteiger partial charge on any atom is 0.205 e. The number of ketones is 5. The van der Waals surface area contributed by atoms with Crippen LogP contribution in [-0.2, 0) is 27.2 Å². The summed E-state index contributed by atoms with van der Waals surface area (Å²) in [4.78, 5) is 63.8. The smallest absolute Gasteiger partial charge is 0.205 e. The highest BCUT2D eigenvalue weighted by molar-refractivity contribution is 6.20. The second kappa shape index (κ2) is 9.42. The van der Waals surface area contributed by atoms with Crippen molar-refractivity contribution in [1.29, 1.82) is 0 Å². The predicted octanol–water partition coefficient (Wildman–Crippen LogP) is 1.91. The molecule has 4 unspecified atom stereocenters. The summed E-state index contributed by atoms with van der Waals surface area (Å²) in [6.07, 6.45) is 1.67. The Morgan fingerprint density at radius 1 is 1.18 bits per heavy atom. The van der Waals surface area contributed by atoms with Crippen LogP contribution in [0.3, 0.4) is 0 Å². The van der Waals surface area contributed by atoms with Crippen molar-refractivity contribution in [2.75, 3.05) is 6.61 Å². The molecule has 0 amide bonds. The summed E-state index contributed by atoms with van der Waals surface area (Å²) in [6, 6.07) is 4.33. The average molecular weight is 467 g/mol. The van der Waals surface area contributed by atoms with Crippen molar-refractivity contribution < 1.29 is 38.7 Å². The molecule has 0 aliphatic heterocycles. The molecule has 34 heavy (non-hydrogen) atoms. The number of aliphatic hydroxyl groups is 1. The van der Waals surface area contributed by atoms with E-state index < -0.39 is 47.4 Å². The zero-order valence-electron chi connectivity index (χ0n) is 18.7. The second-order valence-corrected chi connectivity index (χ2v) is 9.11. The first-order valence-electron chi connectivity index (χ1n) is 11.2. The Labute approximate surface area is 195 Å². The normalized spacial score (nSPS) is 23.8. The third-order valence-electron chi connectivity index (χ3n) is 6.88. The summed E-state index contributed by atoms with van der Waals surface area (Å²) >= 11 is 0. The SMILES string of the molecule is CC(=O)CC(=O)C1C(=O)C2C(=O)c3c(O)ccc(CC(=O)c4ccno4)c3CC2CC1CCO. The van der Waals surface area contributed by atoms with E-state index in [1.54, 1.807) is 6.07 Å². The number of phenols is 1. The maximum absolute atomic E-state index is 13.5. The molecule has 2 aliphatic rings. The molecule has 9 heteroatoms. The lowest BCUT2D eigenvalue weighted by Gasteiger charge is -2.42. The number of Topliss-reactive ketones (excluding diaryl/α,β-unsaturated/α-hetero) is 5. The molecule has 0 radical (unpaired) electrons. The van der Waals surface area contributed by atoms with Crippen molar-refractivity contribution in [1.82, 2.24) is 5.16 Å². The van der Waals surface area contributed by atoms with Crippen LogP contribution in [-0.4, -0.2) is 50.9 Å². The minimum absolute atomic E-state index is 0.00385. The van der Waals surface area contributed by atoms with E-state index in [0.717, 1.165) is 0 Å². The summed E-state index contributed by atoms with van der Waals surface area (Å²) in [5.74, 6) is -5.78. The lowest BCUT2D eigenvalue weighted by Crippen LogP contribution is -2.50. The molecule has 2 aromatic rings. The van der Waals surface area contributed by atoms with Crippen LogP contribution < -0.4 is 0 Å². The van der Waals surface area contributed by atoms with Gasteiger partial charge in [0.1, 0.15) is 11.5 Å². The zero-order valence-corrected chi connectivity index (χ0v) is 18.7. The molecule has 4 atom stereocenters. The highest BCUT2D eigenvalue weighted by Crippen LogP contribution is 2.46. The van der Waals surface area contributed by atoms with E-state index in [1.807, 2.05) is 0 Å². The van der Waals surface area contributed by atoms with Crippen molar-refractivity contribution in [2.24, 2.45) is 23.7 Å². The Bertz CT molecular complexity index is 1170. The molecule has 2 aliphatic carbocycles. The van der Waals surface area contributed by atoms with Gasteiger partial charge in [-0.25, -0.2) is 0 Å². The van der Waals surface area contributed by atoms with Crippen LogP contribution in [0.25, 0.3) is 0 Å². The molecule has 0 bridgehead atoms. The molecule has 9 nitrogen and oxygen atoms in total. The summed E-state index contributed by atoms with van der Waals surface area (Å²) < 4.78 is 4.92. The number of aromatic hydroxyl groups is 1. The Morgan fingerprint density at radius 2 is 1.94 bits per heavy atom. The van der Waals surface area contributed by atoms with E-state index in [0.29, 0.717) is 17.5 Å². The van der Waals surface area contributed by atoms with Gasteiger partial charge in [-0.1, -0.05) is 11.2 Å². The van der Waals surface area contributed by atoms with Gasteiger partial charge < -0.3 is 14.7 Å². The minimum Gasteiger partial charge on any atom is -0.507 e. The maximum atomic E-state index is 13.5. The average Bonchev–Trinajstić information content (AvgIpc) is 3.30. The lowest BCUT2D eigenvalue weighted by molar-refractivity contribution is -0.142. The predicted molar refractivity (Wildman–Crippen MR) is 116 cm³/mol. The topological polar surface area (TPSA) is 152 Å². The van der Waals surface area contributed by atoms with Crippen LogP contribution in [0.1, 0.15) is 58.2 Å². The van der Waals surface area contributed by atoms with Gasteiger partial charge in [-0.3, -0.25) is 24.0 Å². The highest BCUT2D eigenvalue weighted by Gasteiger charge is 2.52. The first-order chi connectivity index (χ1) is 16.2. The summed E-state index contributed by atoms with van der Waals surface area (Å²) in [7, 11) is 0. The van der Waals surface area contributed by atoms with Crippen LogP contribution >= 0.6 is 0 Å². The largest absolute Gasteiger partial charge is 0.507 e. The number of hydrogen-bond acceptors (Lipinski definition) is 9. The van der Waals surface area contributed by atoms with Crippen molar-refractivity contribution in [2.45, 2.75) is 39.0 Å². The van der Waals surface area contributed by atoms with E-state index in [9.17, 15) is 34.2 Å². The molecule has 1 saturated carbocycles. The first kappa shape index (κ1) is 23.7. The fourth-order valence-corrected chi connectivity index (χ4v) is 5.48. The molecule has 2 N–H and O–H groups in total. The number of phenolic OH excluding ortho intramolecular Hbond substituents is 1. The standard InChI is InChI=1S/C25H25NO8/c1-12(28)8-19(31)21-14(5-7-27)9-15-10-16-13(11-18(30)20-4-6-26-34-20)2-3-17(29)23(16)25(33)22(15)24(21)32/h2-4,6,14-15,21-22,27,29H,5,7-11H2,1H3. The number of rotatable bonds is 8. The van der Waals surface area contributed by atoms with Crippen LogP contribution in [0, 0.1) is 23.7 Å². The van der Waals surface area contributed by atoms with E-state index in [-0.39, 0.29) is 54.5 Å². The van der Waals surface area contributed by atoms with Gasteiger partial charge in [-0.15, -0.1) is 0 Å². The summed E-state index contributed by atoms with van der Waals surface area (Å²) in [5, 5.41) is 23.5. The number of aliphatic hydroxyl groups excluding tert-OH is 1. The van der Waals surface area contributed by atoms with Gasteiger partial charge in [0, 0.05) is 19.1 Å². The quantitative estimate of drug-likeness (QED) is 0.438. The Kier molecular flexibility index (Phi) is 6.56. The molecule has 178 valence electrons. The van der Waals surface area contributed by atoms with Crippen molar-refractivity contribution >= 4 is 28.9 Å².